The molecule has 0 atom stereocenters. The summed E-state index contributed by atoms with van der Waals surface area (Å²) in [4.78, 5) is 40.6. The van der Waals surface area contributed by atoms with Crippen LogP contribution in [0.25, 0.3) is 11.0 Å². The molecule has 0 unspecified atom stereocenters. The van der Waals surface area contributed by atoms with Gasteiger partial charge in [0, 0.05) is 34.6 Å². The highest BCUT2D eigenvalue weighted by Gasteiger charge is 2.20. The summed E-state index contributed by atoms with van der Waals surface area (Å²) in [5.74, 6) is -0.989. The fourth-order valence-electron chi connectivity index (χ4n) is 3.97. The van der Waals surface area contributed by atoms with Crippen LogP contribution in [0.3, 0.4) is 0 Å². The minimum Gasteiger partial charge on any atom is -0.412 e. The van der Waals surface area contributed by atoms with Crippen LogP contribution in [0.5, 0.6) is 0 Å². The predicted molar refractivity (Wildman–Crippen MR) is 153 cm³/mol. The van der Waals surface area contributed by atoms with Gasteiger partial charge in [-0.15, -0.1) is 0 Å². The Balaban J connectivity index is 0.00000242. The summed E-state index contributed by atoms with van der Waals surface area (Å²) in [6.07, 6.45) is 1.24. The third-order valence-corrected chi connectivity index (χ3v) is 7.61. The first-order chi connectivity index (χ1) is 19.0. The monoisotopic (exact) mass is 619 g/mol. The zero-order valence-corrected chi connectivity index (χ0v) is 23.1. The molecule has 42 heavy (non-hydrogen) atoms. The number of benzene rings is 2. The zero-order valence-electron chi connectivity index (χ0n) is 21.6. The first-order valence-electron chi connectivity index (χ1n) is 11.6. The second kappa shape index (κ2) is 12.4. The number of halogens is 2. The van der Waals surface area contributed by atoms with E-state index in [4.69, 9.17) is 16.1 Å². The van der Waals surface area contributed by atoms with Crippen molar-refractivity contribution in [2.24, 2.45) is 0 Å². The van der Waals surface area contributed by atoms with E-state index in [1.54, 1.807) is 6.92 Å². The Bertz CT molecular complexity index is 1990. The maximum Gasteiger partial charge on any atom is 0.263 e. The Kier molecular flexibility index (Phi) is 9.33. The maximum atomic E-state index is 14.5. The van der Waals surface area contributed by atoms with Crippen molar-refractivity contribution in [3.05, 3.63) is 115 Å². The number of aryl methyl sites for hydroxylation is 1. The highest BCUT2D eigenvalue weighted by molar-refractivity contribution is 7.92. The van der Waals surface area contributed by atoms with Gasteiger partial charge in [0.2, 0.25) is 11.0 Å². The molecule has 3 heterocycles. The molecular formula is C26H23ClFN5O8S. The number of hydrogen-bond donors (Lipinski definition) is 3. The fourth-order valence-corrected chi connectivity index (χ4v) is 5.18. The van der Waals surface area contributed by atoms with Crippen LogP contribution in [0, 0.1) is 12.7 Å². The molecular weight excluding hydrogens is 597 g/mol. The number of pyridine rings is 2. The number of anilines is 2. The number of rotatable bonds is 7. The first kappa shape index (κ1) is 31.7. The second-order valence-electron chi connectivity index (χ2n) is 8.69. The van der Waals surface area contributed by atoms with Crippen molar-refractivity contribution in [3.8, 4) is 0 Å². The average Bonchev–Trinajstić information content (AvgIpc) is 3.31. The number of nitrogens with zero attached hydrogens (tertiary/aromatic N) is 2. The molecule has 5 aromatic rings. The van der Waals surface area contributed by atoms with E-state index >= 15 is 0 Å². The van der Waals surface area contributed by atoms with Crippen LogP contribution in [0.15, 0.2) is 85.9 Å². The molecule has 0 spiro atoms. The van der Waals surface area contributed by atoms with E-state index in [-0.39, 0.29) is 61.1 Å². The van der Waals surface area contributed by atoms with Crippen molar-refractivity contribution in [1.29, 1.82) is 0 Å². The van der Waals surface area contributed by atoms with Gasteiger partial charge >= 0.3 is 0 Å². The van der Waals surface area contributed by atoms with Crippen molar-refractivity contribution in [3.63, 3.8) is 0 Å². The summed E-state index contributed by atoms with van der Waals surface area (Å²) >= 11 is 6.18. The number of aromatic amines is 1. The molecule has 3 aromatic heterocycles. The number of fused-ring (bicyclic) bond motifs is 1. The molecule has 0 fully saturated rings. The highest BCUT2D eigenvalue weighted by atomic mass is 35.5. The Morgan fingerprint density at radius 1 is 1.10 bits per heavy atom. The summed E-state index contributed by atoms with van der Waals surface area (Å²) in [7, 11) is -3.99. The van der Waals surface area contributed by atoms with Gasteiger partial charge in [-0.05, 0) is 49.4 Å². The van der Waals surface area contributed by atoms with E-state index in [2.05, 4.69) is 20.2 Å². The molecule has 1 amide bonds. The van der Waals surface area contributed by atoms with Gasteiger partial charge in [0.05, 0.1) is 17.0 Å². The van der Waals surface area contributed by atoms with Crippen LogP contribution < -0.4 is 21.0 Å². The lowest BCUT2D eigenvalue weighted by atomic mass is 10.1. The molecule has 0 bridgehead atoms. The van der Waals surface area contributed by atoms with E-state index in [0.29, 0.717) is 5.76 Å². The summed E-state index contributed by atoms with van der Waals surface area (Å²) in [6, 6.07) is 13.4. The first-order valence-corrected chi connectivity index (χ1v) is 13.4. The Morgan fingerprint density at radius 2 is 1.81 bits per heavy atom. The topological polar surface area (TPSA) is 219 Å². The Hall–Kier alpha value is -4.83. The molecule has 0 saturated carbocycles. The van der Waals surface area contributed by atoms with Gasteiger partial charge in [-0.3, -0.25) is 19.1 Å². The van der Waals surface area contributed by atoms with E-state index in [1.165, 1.54) is 71.4 Å². The zero-order chi connectivity index (χ0) is 28.6. The lowest BCUT2D eigenvalue weighted by Crippen LogP contribution is -2.26. The van der Waals surface area contributed by atoms with E-state index in [1.807, 2.05) is 0 Å². The van der Waals surface area contributed by atoms with Crippen molar-refractivity contribution in [2.45, 2.75) is 18.4 Å². The van der Waals surface area contributed by atoms with Crippen molar-refractivity contribution in [1.82, 2.24) is 14.7 Å². The van der Waals surface area contributed by atoms with Crippen LogP contribution in [-0.4, -0.2) is 40.0 Å². The molecule has 13 nitrogen and oxygen atoms in total. The number of nitrogens with one attached hydrogen (secondary N) is 3. The molecule has 5 rings (SSSR count). The van der Waals surface area contributed by atoms with E-state index in [9.17, 15) is 27.2 Å². The molecule has 0 radical (unpaired) electrons. The SMILES string of the molecule is Cc1cc(NS(=O)(=O)c2ccc(NC(=O)c3cn(Cc4c(F)cccc4Cl)c4ccc(=O)[nH]c4c3=O)cc2)no1.O.O. The summed E-state index contributed by atoms with van der Waals surface area (Å²) in [6.45, 7) is 1.47. The largest absolute Gasteiger partial charge is 0.412 e. The molecule has 0 saturated heterocycles. The predicted octanol–water partition coefficient (Wildman–Crippen LogP) is 2.23. The summed E-state index contributed by atoms with van der Waals surface area (Å²) in [5, 5.41) is 6.27. The van der Waals surface area contributed by atoms with Crippen molar-refractivity contribution < 1.29 is 33.1 Å². The van der Waals surface area contributed by atoms with Crippen LogP contribution in [0.4, 0.5) is 15.9 Å². The molecule has 16 heteroatoms. The van der Waals surface area contributed by atoms with Gasteiger partial charge in [0.1, 0.15) is 22.7 Å². The number of aromatic nitrogens is 3. The van der Waals surface area contributed by atoms with Gasteiger partial charge in [0.25, 0.3) is 15.9 Å². The van der Waals surface area contributed by atoms with E-state index in [0.717, 1.165) is 0 Å². The number of carbonyl (C=O) groups excluding carboxylic acids is 1. The lowest BCUT2D eigenvalue weighted by molar-refractivity contribution is 0.102. The Morgan fingerprint density at radius 3 is 2.45 bits per heavy atom. The number of carbonyl (C=O) groups is 1. The number of amides is 1. The maximum absolute atomic E-state index is 14.5. The minimum atomic E-state index is -3.99. The Labute approximate surface area is 241 Å². The summed E-state index contributed by atoms with van der Waals surface area (Å²) in [5.41, 5.74) is -1.25. The molecule has 0 aliphatic rings. The smallest absolute Gasteiger partial charge is 0.263 e. The van der Waals surface area contributed by atoms with Crippen molar-refractivity contribution in [2.75, 3.05) is 10.0 Å². The number of hydrogen-bond acceptors (Lipinski definition) is 7. The quantitative estimate of drug-likeness (QED) is 0.246. The van der Waals surface area contributed by atoms with Crippen LogP contribution >= 0.6 is 11.6 Å². The fraction of sp³-hybridized carbons (Fsp3) is 0.0769. The third-order valence-electron chi connectivity index (χ3n) is 5.89. The van der Waals surface area contributed by atoms with Gasteiger partial charge in [-0.2, -0.15) is 0 Å². The third kappa shape index (κ3) is 6.39. The van der Waals surface area contributed by atoms with Gasteiger partial charge in [0.15, 0.2) is 5.82 Å². The average molecular weight is 620 g/mol. The highest BCUT2D eigenvalue weighted by Crippen LogP contribution is 2.22. The van der Waals surface area contributed by atoms with Crippen LogP contribution in [0.1, 0.15) is 21.7 Å². The van der Waals surface area contributed by atoms with Crippen LogP contribution in [-0.2, 0) is 16.6 Å². The molecule has 2 aromatic carbocycles. The molecule has 0 aliphatic carbocycles. The van der Waals surface area contributed by atoms with Crippen molar-refractivity contribution >= 4 is 50.1 Å². The molecule has 220 valence electrons. The molecule has 7 N–H and O–H groups in total. The second-order valence-corrected chi connectivity index (χ2v) is 10.8. The minimum absolute atomic E-state index is 0. The normalized spacial score (nSPS) is 10.9. The molecule has 0 aliphatic heterocycles. The standard InChI is InChI=1S/C26H19ClFN5O6S.2H2O/c1-14-11-22(31-39-14)32-40(37,38)16-7-5-15(6-8-16)29-26(36)18-13-33(12-17-19(27)3-2-4-20(17)28)21-9-10-23(34)30-24(21)25(18)35;;/h2-11,13H,12H2,1H3,(H,29,36)(H,30,34)(H,31,32);2*1H2. The van der Waals surface area contributed by atoms with E-state index < -0.39 is 32.7 Å². The lowest BCUT2D eigenvalue weighted by Gasteiger charge is -2.15. The number of sulfonamides is 1. The van der Waals surface area contributed by atoms with Gasteiger partial charge < -0.3 is 30.3 Å². The summed E-state index contributed by atoms with van der Waals surface area (Å²) < 4.78 is 48.3. The van der Waals surface area contributed by atoms with Gasteiger partial charge in [-0.1, -0.05) is 22.8 Å². The van der Waals surface area contributed by atoms with Crippen LogP contribution in [0.2, 0.25) is 5.02 Å². The van der Waals surface area contributed by atoms with Gasteiger partial charge in [-0.25, -0.2) is 12.8 Å². The number of H-pyrrole nitrogens is 1.